The first-order valence-electron chi connectivity index (χ1n) is 7.97. The second-order valence-electron chi connectivity index (χ2n) is 5.95. The quantitative estimate of drug-likeness (QED) is 0.704. The summed E-state index contributed by atoms with van der Waals surface area (Å²) in [5.74, 6) is 0.871. The highest BCUT2D eigenvalue weighted by Crippen LogP contribution is 2.32. The third kappa shape index (κ3) is 3.24. The molecular weight excluding hydrogens is 367 g/mol. The summed E-state index contributed by atoms with van der Waals surface area (Å²) in [4.78, 5) is 11.2. The molecule has 2 aromatic heterocycles. The number of imidazole rings is 1. The predicted molar refractivity (Wildman–Crippen MR) is 89.3 cm³/mol. The van der Waals surface area contributed by atoms with Crippen LogP contribution in [0.1, 0.15) is 23.2 Å². The summed E-state index contributed by atoms with van der Waals surface area (Å²) in [6.07, 6.45) is -1.18. The van der Waals surface area contributed by atoms with E-state index in [0.29, 0.717) is 17.8 Å². The van der Waals surface area contributed by atoms with Gasteiger partial charge < -0.3 is 9.29 Å². The predicted octanol–water partition coefficient (Wildman–Crippen LogP) is 3.61. The molecule has 0 bridgehead atoms. The highest BCUT2D eigenvalue weighted by atomic mass is 32.2. The number of alkyl halides is 3. The number of hydrogen-bond donors (Lipinski definition) is 1. The Morgan fingerprint density at radius 3 is 2.92 bits per heavy atom. The van der Waals surface area contributed by atoms with Crippen LogP contribution in [0.2, 0.25) is 0 Å². The molecule has 0 saturated heterocycles. The van der Waals surface area contributed by atoms with Crippen molar-refractivity contribution in [3.63, 3.8) is 0 Å². The van der Waals surface area contributed by atoms with Crippen molar-refractivity contribution >= 4 is 22.2 Å². The molecule has 0 fully saturated rings. The van der Waals surface area contributed by atoms with Crippen molar-refractivity contribution in [1.82, 2.24) is 15.0 Å². The van der Waals surface area contributed by atoms with Gasteiger partial charge in [-0.25, -0.2) is 0 Å². The lowest BCUT2D eigenvalue weighted by Gasteiger charge is -2.19. The van der Waals surface area contributed by atoms with Gasteiger partial charge in [0.05, 0.1) is 28.9 Å². The van der Waals surface area contributed by atoms with Crippen molar-refractivity contribution in [2.45, 2.75) is 29.9 Å². The Kier molecular flexibility index (Phi) is 4.28. The van der Waals surface area contributed by atoms with Gasteiger partial charge in [-0.15, -0.1) is 0 Å². The molecule has 1 N–H and O–H groups in total. The zero-order valence-electron chi connectivity index (χ0n) is 13.5. The van der Waals surface area contributed by atoms with Crippen LogP contribution in [-0.4, -0.2) is 26.1 Å². The van der Waals surface area contributed by atoms with E-state index in [2.05, 4.69) is 15.0 Å². The van der Waals surface area contributed by atoms with E-state index in [1.165, 1.54) is 6.07 Å². The minimum absolute atomic E-state index is 0.123. The SMILES string of the molecule is [O-][S+](Cc1nccc2c1CCCO2)c1nc2cc(C(F)(F)F)ccc2[nH]1. The molecule has 0 saturated carbocycles. The number of nitrogens with zero attached hydrogens (tertiary/aromatic N) is 2. The van der Waals surface area contributed by atoms with Gasteiger partial charge in [-0.1, -0.05) is 0 Å². The summed E-state index contributed by atoms with van der Waals surface area (Å²) in [7, 11) is 0. The van der Waals surface area contributed by atoms with E-state index in [1.54, 1.807) is 12.3 Å². The number of nitrogens with one attached hydrogen (secondary N) is 1. The van der Waals surface area contributed by atoms with E-state index in [1.807, 2.05) is 0 Å². The van der Waals surface area contributed by atoms with Crippen LogP contribution in [0.15, 0.2) is 35.6 Å². The number of halogens is 3. The van der Waals surface area contributed by atoms with E-state index >= 15 is 0 Å². The molecule has 1 aliphatic rings. The Morgan fingerprint density at radius 2 is 2.12 bits per heavy atom. The zero-order chi connectivity index (χ0) is 18.3. The number of benzene rings is 1. The fourth-order valence-corrected chi connectivity index (χ4v) is 3.99. The van der Waals surface area contributed by atoms with Gasteiger partial charge in [-0.2, -0.15) is 18.2 Å². The smallest absolute Gasteiger partial charge is 0.416 e. The second kappa shape index (κ2) is 6.48. The number of hydrogen-bond acceptors (Lipinski definition) is 4. The van der Waals surface area contributed by atoms with Crippen molar-refractivity contribution in [3.8, 4) is 5.75 Å². The van der Waals surface area contributed by atoms with Crippen LogP contribution in [0.3, 0.4) is 0 Å². The molecule has 4 rings (SSSR count). The van der Waals surface area contributed by atoms with Gasteiger partial charge in [-0.3, -0.25) is 9.97 Å². The molecule has 0 aliphatic carbocycles. The zero-order valence-corrected chi connectivity index (χ0v) is 14.3. The van der Waals surface area contributed by atoms with Crippen molar-refractivity contribution in [3.05, 3.63) is 47.3 Å². The van der Waals surface area contributed by atoms with Crippen LogP contribution in [0.25, 0.3) is 11.0 Å². The maximum Gasteiger partial charge on any atom is 0.416 e. The van der Waals surface area contributed by atoms with Gasteiger partial charge in [0.1, 0.15) is 5.75 Å². The summed E-state index contributed by atoms with van der Waals surface area (Å²) < 4.78 is 56.7. The van der Waals surface area contributed by atoms with Gasteiger partial charge in [-0.05, 0) is 37.1 Å². The van der Waals surface area contributed by atoms with Crippen LogP contribution in [0.4, 0.5) is 13.2 Å². The monoisotopic (exact) mass is 381 g/mol. The Labute approximate surface area is 149 Å². The highest BCUT2D eigenvalue weighted by Gasteiger charge is 2.31. The van der Waals surface area contributed by atoms with Crippen molar-refractivity contribution in [2.24, 2.45) is 0 Å². The van der Waals surface area contributed by atoms with Gasteiger partial charge in [0.25, 0.3) is 0 Å². The Morgan fingerprint density at radius 1 is 1.27 bits per heavy atom. The Balaban J connectivity index is 1.62. The van der Waals surface area contributed by atoms with Gasteiger partial charge in [0.2, 0.25) is 0 Å². The van der Waals surface area contributed by atoms with Gasteiger partial charge in [0, 0.05) is 22.9 Å². The average molecular weight is 381 g/mol. The first kappa shape index (κ1) is 17.2. The lowest BCUT2D eigenvalue weighted by molar-refractivity contribution is -0.137. The number of fused-ring (bicyclic) bond motifs is 2. The van der Waals surface area contributed by atoms with Crippen LogP contribution in [0.5, 0.6) is 5.75 Å². The molecule has 3 aromatic rings. The Bertz CT molecular complexity index is 958. The first-order chi connectivity index (χ1) is 12.4. The molecule has 0 spiro atoms. The topological polar surface area (TPSA) is 73.9 Å². The molecular formula is C17H14F3N3O2S. The highest BCUT2D eigenvalue weighted by molar-refractivity contribution is 7.90. The summed E-state index contributed by atoms with van der Waals surface area (Å²) >= 11 is -1.56. The van der Waals surface area contributed by atoms with Crippen LogP contribution in [0, 0.1) is 0 Å². The van der Waals surface area contributed by atoms with Gasteiger partial charge >= 0.3 is 11.3 Å². The number of rotatable bonds is 3. The molecule has 3 heterocycles. The van der Waals surface area contributed by atoms with Crippen LogP contribution >= 0.6 is 0 Å². The number of H-pyrrole nitrogens is 1. The van der Waals surface area contributed by atoms with Crippen LogP contribution < -0.4 is 4.74 Å². The van der Waals surface area contributed by atoms with Crippen molar-refractivity contribution in [1.29, 1.82) is 0 Å². The largest absolute Gasteiger partial charge is 0.609 e. The Hall–Kier alpha value is -2.26. The van der Waals surface area contributed by atoms with E-state index in [-0.39, 0.29) is 16.4 Å². The minimum atomic E-state index is -4.44. The molecule has 5 nitrogen and oxygen atoms in total. The lowest BCUT2D eigenvalue weighted by Crippen LogP contribution is -2.15. The van der Waals surface area contributed by atoms with Gasteiger partial charge in [0.15, 0.2) is 5.75 Å². The van der Waals surface area contributed by atoms with Crippen molar-refractivity contribution in [2.75, 3.05) is 6.61 Å². The van der Waals surface area contributed by atoms with Crippen LogP contribution in [-0.2, 0) is 29.5 Å². The third-order valence-corrected chi connectivity index (χ3v) is 5.36. The molecule has 1 aliphatic heterocycles. The summed E-state index contributed by atoms with van der Waals surface area (Å²) in [5.41, 5.74) is 1.35. The maximum atomic E-state index is 12.8. The molecule has 0 amide bonds. The number of ether oxygens (including phenoxy) is 1. The molecule has 1 unspecified atom stereocenters. The van der Waals surface area contributed by atoms with Crippen molar-refractivity contribution < 1.29 is 22.5 Å². The number of aromatic nitrogens is 3. The molecule has 136 valence electrons. The summed E-state index contributed by atoms with van der Waals surface area (Å²) in [6, 6.07) is 4.99. The normalized spacial score (nSPS) is 15.5. The first-order valence-corrected chi connectivity index (χ1v) is 9.28. The molecule has 1 aromatic carbocycles. The molecule has 9 heteroatoms. The summed E-state index contributed by atoms with van der Waals surface area (Å²) in [6.45, 7) is 0.644. The third-order valence-electron chi connectivity index (χ3n) is 4.20. The van der Waals surface area contributed by atoms with E-state index in [0.717, 1.165) is 36.3 Å². The molecule has 0 radical (unpaired) electrons. The van der Waals surface area contributed by atoms with E-state index < -0.39 is 22.9 Å². The molecule has 26 heavy (non-hydrogen) atoms. The van der Waals surface area contributed by atoms with E-state index in [9.17, 15) is 17.7 Å². The fourth-order valence-electron chi connectivity index (χ4n) is 2.93. The lowest BCUT2D eigenvalue weighted by atomic mass is 10.1. The second-order valence-corrected chi connectivity index (χ2v) is 7.31. The standard InChI is InChI=1S/C17H14F3N3O2S/c18-17(19,20)10-3-4-12-13(8-10)23-16(22-12)26(24)9-14-11-2-1-7-25-15(11)5-6-21-14/h3-6,8H,1-2,7,9H2,(H,22,23). The number of pyridine rings is 1. The average Bonchev–Trinajstić information content (AvgIpc) is 3.05. The summed E-state index contributed by atoms with van der Waals surface area (Å²) in [5, 5.41) is 0.135. The fraction of sp³-hybridized carbons (Fsp3) is 0.294. The number of aromatic amines is 1. The maximum absolute atomic E-state index is 12.8. The minimum Gasteiger partial charge on any atom is -0.609 e. The molecule has 1 atom stereocenters. The van der Waals surface area contributed by atoms with E-state index in [4.69, 9.17) is 4.74 Å².